The molecule has 56 heavy (non-hydrogen) atoms. The summed E-state index contributed by atoms with van der Waals surface area (Å²) in [6, 6.07) is 71.8. The molecule has 2 heterocycles. The summed E-state index contributed by atoms with van der Waals surface area (Å²) in [5.41, 5.74) is 18.7. The normalized spacial score (nSPS) is 11.6. The zero-order valence-electron chi connectivity index (χ0n) is 30.5. The van der Waals surface area contributed by atoms with Crippen LogP contribution < -0.4 is 0 Å². The van der Waals surface area contributed by atoms with Gasteiger partial charge in [-0.05, 0) is 101 Å². The second-order valence-electron chi connectivity index (χ2n) is 14.5. The highest BCUT2D eigenvalue weighted by Crippen LogP contribution is 2.58. The van der Waals surface area contributed by atoms with Crippen molar-refractivity contribution in [1.29, 1.82) is 0 Å². The van der Waals surface area contributed by atoms with Gasteiger partial charge in [-0.1, -0.05) is 182 Å². The second kappa shape index (κ2) is 13.2. The van der Waals surface area contributed by atoms with E-state index in [2.05, 4.69) is 164 Å². The predicted octanol–water partition coefficient (Wildman–Crippen LogP) is 14.4. The molecular formula is C54H34N2. The van der Waals surface area contributed by atoms with Gasteiger partial charge in [-0.15, -0.1) is 0 Å². The van der Waals surface area contributed by atoms with Crippen molar-refractivity contribution in [2.75, 3.05) is 0 Å². The summed E-state index contributed by atoms with van der Waals surface area (Å²) < 4.78 is 0. The number of hydrogen-bond acceptors (Lipinski definition) is 2. The zero-order chi connectivity index (χ0) is 37.0. The molecule has 0 fully saturated rings. The lowest BCUT2D eigenvalue weighted by Gasteiger charge is -2.20. The number of aromatic nitrogens is 2. The van der Waals surface area contributed by atoms with E-state index in [9.17, 15) is 0 Å². The molecule has 11 rings (SSSR count). The van der Waals surface area contributed by atoms with E-state index < -0.39 is 0 Å². The van der Waals surface area contributed by atoms with Crippen LogP contribution in [0.3, 0.4) is 0 Å². The summed E-state index contributed by atoms with van der Waals surface area (Å²) in [5, 5.41) is 5.13. The minimum absolute atomic E-state index is 0.857. The fourth-order valence-corrected chi connectivity index (χ4v) is 8.77. The Hall–Kier alpha value is -7.42. The fraction of sp³-hybridized carbons (Fsp3) is 0. The molecule has 260 valence electrons. The van der Waals surface area contributed by atoms with Crippen molar-refractivity contribution in [2.45, 2.75) is 0 Å². The number of rotatable bonds is 6. The Balaban J connectivity index is 1.01. The van der Waals surface area contributed by atoms with Gasteiger partial charge in [0, 0.05) is 17.3 Å². The summed E-state index contributed by atoms with van der Waals surface area (Å²) in [5.74, 6) is 0. The first-order valence-electron chi connectivity index (χ1n) is 19.2. The summed E-state index contributed by atoms with van der Waals surface area (Å²) in [7, 11) is 0. The first kappa shape index (κ1) is 32.0. The van der Waals surface area contributed by atoms with Crippen LogP contribution in [0.2, 0.25) is 0 Å². The molecule has 1 aliphatic carbocycles. The molecular weight excluding hydrogens is 677 g/mol. The first-order valence-corrected chi connectivity index (χ1v) is 19.2. The highest BCUT2D eigenvalue weighted by Gasteiger charge is 2.31. The Morgan fingerprint density at radius 3 is 1.38 bits per heavy atom. The van der Waals surface area contributed by atoms with E-state index >= 15 is 0 Å². The smallest absolute Gasteiger partial charge is 0.0893 e. The van der Waals surface area contributed by atoms with Gasteiger partial charge in [0.25, 0.3) is 0 Å². The third-order valence-corrected chi connectivity index (χ3v) is 11.3. The number of hydrogen-bond donors (Lipinski definition) is 0. The molecule has 0 aliphatic heterocycles. The average molecular weight is 711 g/mol. The van der Waals surface area contributed by atoms with Crippen molar-refractivity contribution in [1.82, 2.24) is 9.97 Å². The topological polar surface area (TPSA) is 25.8 Å². The SMILES string of the molecule is c1ccc(-c2cccc(-c3ccc(-c4ccc(-c5ccc6c7c(cccc57)-c5c-6c(-c6ccccc6)c6ccccc6c5-c5ccccc5)cc4)cn3)n2)cc1. The Bertz CT molecular complexity index is 2990. The molecule has 0 spiro atoms. The number of pyridine rings is 2. The Morgan fingerprint density at radius 2 is 0.750 bits per heavy atom. The lowest BCUT2D eigenvalue weighted by Crippen LogP contribution is -1.93. The van der Waals surface area contributed by atoms with Crippen LogP contribution in [-0.2, 0) is 0 Å². The van der Waals surface area contributed by atoms with Gasteiger partial charge in [-0.3, -0.25) is 4.98 Å². The van der Waals surface area contributed by atoms with E-state index in [1.165, 1.54) is 77.2 Å². The third kappa shape index (κ3) is 5.19. The van der Waals surface area contributed by atoms with Gasteiger partial charge in [0.1, 0.15) is 0 Å². The van der Waals surface area contributed by atoms with Gasteiger partial charge in [0.05, 0.1) is 17.1 Å². The Morgan fingerprint density at radius 1 is 0.250 bits per heavy atom. The minimum atomic E-state index is 0.857. The van der Waals surface area contributed by atoms with Gasteiger partial charge < -0.3 is 0 Å². The van der Waals surface area contributed by atoms with Gasteiger partial charge in [-0.2, -0.15) is 0 Å². The van der Waals surface area contributed by atoms with E-state index in [-0.39, 0.29) is 0 Å². The van der Waals surface area contributed by atoms with Crippen LogP contribution in [0.15, 0.2) is 206 Å². The van der Waals surface area contributed by atoms with Crippen LogP contribution in [0.4, 0.5) is 0 Å². The van der Waals surface area contributed by atoms with Crippen LogP contribution in [-0.4, -0.2) is 9.97 Å². The van der Waals surface area contributed by atoms with Gasteiger partial charge in [0.2, 0.25) is 0 Å². The highest BCUT2D eigenvalue weighted by molar-refractivity contribution is 6.28. The molecule has 0 N–H and O–H groups in total. The molecule has 1 aliphatic rings. The number of fused-ring (bicyclic) bond motifs is 4. The quantitative estimate of drug-likeness (QED) is 0.172. The van der Waals surface area contributed by atoms with Gasteiger partial charge >= 0.3 is 0 Å². The Labute approximate surface area is 326 Å². The fourth-order valence-electron chi connectivity index (χ4n) is 8.77. The van der Waals surface area contributed by atoms with E-state index in [0.29, 0.717) is 0 Å². The van der Waals surface area contributed by atoms with Crippen molar-refractivity contribution < 1.29 is 0 Å². The molecule has 8 aromatic carbocycles. The molecule has 0 saturated heterocycles. The van der Waals surface area contributed by atoms with Crippen molar-refractivity contribution in [2.24, 2.45) is 0 Å². The van der Waals surface area contributed by atoms with Gasteiger partial charge in [0.15, 0.2) is 0 Å². The van der Waals surface area contributed by atoms with Crippen LogP contribution in [0, 0.1) is 0 Å². The van der Waals surface area contributed by atoms with E-state index in [1.54, 1.807) is 0 Å². The monoisotopic (exact) mass is 710 g/mol. The first-order chi connectivity index (χ1) is 27.8. The highest BCUT2D eigenvalue weighted by atomic mass is 14.8. The second-order valence-corrected chi connectivity index (χ2v) is 14.5. The maximum absolute atomic E-state index is 4.91. The summed E-state index contributed by atoms with van der Waals surface area (Å²) in [4.78, 5) is 9.75. The van der Waals surface area contributed by atoms with Crippen molar-refractivity contribution in [3.8, 4) is 89.4 Å². The van der Waals surface area contributed by atoms with Gasteiger partial charge in [-0.25, -0.2) is 4.98 Å². The van der Waals surface area contributed by atoms with Crippen LogP contribution >= 0.6 is 0 Å². The maximum Gasteiger partial charge on any atom is 0.0893 e. The molecule has 2 heteroatoms. The van der Waals surface area contributed by atoms with Crippen molar-refractivity contribution in [3.63, 3.8) is 0 Å². The molecule has 0 amide bonds. The molecule has 10 aromatic rings. The molecule has 0 radical (unpaired) electrons. The molecule has 2 nitrogen and oxygen atoms in total. The van der Waals surface area contributed by atoms with E-state index in [4.69, 9.17) is 9.97 Å². The molecule has 0 unspecified atom stereocenters. The molecule has 2 aromatic heterocycles. The summed E-state index contributed by atoms with van der Waals surface area (Å²) in [6.07, 6.45) is 1.95. The summed E-state index contributed by atoms with van der Waals surface area (Å²) in [6.45, 7) is 0. The van der Waals surface area contributed by atoms with E-state index in [1.807, 2.05) is 42.6 Å². The average Bonchev–Trinajstić information content (AvgIpc) is 3.61. The van der Waals surface area contributed by atoms with Crippen LogP contribution in [0.1, 0.15) is 0 Å². The van der Waals surface area contributed by atoms with Crippen molar-refractivity contribution in [3.05, 3.63) is 206 Å². The molecule has 0 bridgehead atoms. The lowest BCUT2D eigenvalue weighted by atomic mass is 9.82. The molecule has 0 saturated carbocycles. The zero-order valence-corrected chi connectivity index (χ0v) is 30.5. The van der Waals surface area contributed by atoms with Crippen LogP contribution in [0.5, 0.6) is 0 Å². The van der Waals surface area contributed by atoms with Crippen LogP contribution in [0.25, 0.3) is 111 Å². The molecule has 0 atom stereocenters. The Kier molecular flexibility index (Phi) is 7.53. The predicted molar refractivity (Wildman–Crippen MR) is 234 cm³/mol. The van der Waals surface area contributed by atoms with Crippen molar-refractivity contribution >= 4 is 21.5 Å². The van der Waals surface area contributed by atoms with E-state index in [0.717, 1.165) is 33.8 Å². The standard InChI is InChI=1S/C54H34N2/c1-4-14-37(15-5-1)47-24-13-25-49(56-47)48-33-30-40(34-55-48)35-26-28-36(29-27-35)41-31-32-46-52-42(41)22-12-23-45(52)53-50(38-16-6-2-7-17-38)43-20-10-11-21-44(43)51(54(46)53)39-18-8-3-9-19-39/h1-34H. The number of benzene rings is 8. The maximum atomic E-state index is 4.91. The summed E-state index contributed by atoms with van der Waals surface area (Å²) >= 11 is 0. The minimum Gasteiger partial charge on any atom is -0.254 e. The number of nitrogens with zero attached hydrogens (tertiary/aromatic N) is 2. The lowest BCUT2D eigenvalue weighted by molar-refractivity contribution is 1.25. The third-order valence-electron chi connectivity index (χ3n) is 11.3. The largest absolute Gasteiger partial charge is 0.254 e.